The minimum Gasteiger partial charge on any atom is -0.495 e. The van der Waals surface area contributed by atoms with E-state index in [1.165, 1.54) is 24.8 Å². The van der Waals surface area contributed by atoms with E-state index in [-0.39, 0.29) is 21.3 Å². The molecule has 2 N–H and O–H groups in total. The average molecular weight is 315 g/mol. The molecule has 0 bridgehead atoms. The van der Waals surface area contributed by atoms with Gasteiger partial charge < -0.3 is 9.84 Å². The molecule has 106 valence electrons. The lowest BCUT2D eigenvalue weighted by Crippen LogP contribution is -2.15. The number of carbonyl (C=O) groups is 1. The Balaban J connectivity index is 2.48. The van der Waals surface area contributed by atoms with Gasteiger partial charge in [0.25, 0.3) is 10.0 Å². The van der Waals surface area contributed by atoms with Gasteiger partial charge in [-0.15, -0.1) is 10.2 Å². The number of ether oxygens (including phenoxy) is 1. The van der Waals surface area contributed by atoms with E-state index in [2.05, 4.69) is 14.9 Å². The van der Waals surface area contributed by atoms with E-state index in [4.69, 9.17) is 9.84 Å². The second-order valence-corrected chi connectivity index (χ2v) is 6.00. The van der Waals surface area contributed by atoms with Crippen LogP contribution in [0.3, 0.4) is 0 Å². The highest BCUT2D eigenvalue weighted by atomic mass is 32.2. The van der Waals surface area contributed by atoms with Crippen LogP contribution in [0.15, 0.2) is 28.6 Å². The Morgan fingerprint density at radius 1 is 1.45 bits per heavy atom. The molecule has 0 fully saturated rings. The van der Waals surface area contributed by atoms with Gasteiger partial charge in [-0.3, -0.25) is 4.72 Å². The summed E-state index contributed by atoms with van der Waals surface area (Å²) in [6.45, 7) is 0. The number of carboxylic acids is 1. The van der Waals surface area contributed by atoms with E-state index in [0.29, 0.717) is 0 Å². The first-order valence-corrected chi connectivity index (χ1v) is 7.50. The van der Waals surface area contributed by atoms with E-state index in [0.717, 1.165) is 17.4 Å². The first kappa shape index (κ1) is 14.2. The third-order valence-corrected chi connectivity index (χ3v) is 4.38. The summed E-state index contributed by atoms with van der Waals surface area (Å²) in [5, 5.41) is 16.1. The van der Waals surface area contributed by atoms with E-state index in [1.54, 1.807) is 0 Å². The van der Waals surface area contributed by atoms with E-state index < -0.39 is 16.0 Å². The highest BCUT2D eigenvalue weighted by Gasteiger charge is 2.22. The van der Waals surface area contributed by atoms with Gasteiger partial charge in [0, 0.05) is 0 Å². The predicted octanol–water partition coefficient (Wildman–Crippen LogP) is 1.05. The quantitative estimate of drug-likeness (QED) is 0.846. The van der Waals surface area contributed by atoms with Crippen LogP contribution in [-0.2, 0) is 10.0 Å². The first-order chi connectivity index (χ1) is 9.44. The van der Waals surface area contributed by atoms with Crippen LogP contribution in [0.5, 0.6) is 5.75 Å². The lowest BCUT2D eigenvalue weighted by Gasteiger charge is -2.10. The molecular weight excluding hydrogens is 306 g/mol. The van der Waals surface area contributed by atoms with Crippen LogP contribution in [0.4, 0.5) is 5.13 Å². The van der Waals surface area contributed by atoms with Gasteiger partial charge >= 0.3 is 5.97 Å². The van der Waals surface area contributed by atoms with Crippen LogP contribution in [-0.4, -0.2) is 36.8 Å². The van der Waals surface area contributed by atoms with E-state index in [1.807, 2.05) is 0 Å². The molecule has 2 rings (SSSR count). The number of carboxylic acid groups (broad SMARTS) is 1. The van der Waals surface area contributed by atoms with Crippen LogP contribution in [0.2, 0.25) is 0 Å². The van der Waals surface area contributed by atoms with Gasteiger partial charge in [-0.25, -0.2) is 13.2 Å². The molecular formula is C10H9N3O5S2. The highest BCUT2D eigenvalue weighted by Crippen LogP contribution is 2.27. The Labute approximate surface area is 118 Å². The predicted molar refractivity (Wildman–Crippen MR) is 70.7 cm³/mol. The second kappa shape index (κ2) is 5.43. The van der Waals surface area contributed by atoms with Crippen molar-refractivity contribution in [2.24, 2.45) is 0 Å². The number of methoxy groups -OCH3 is 1. The van der Waals surface area contributed by atoms with Gasteiger partial charge in [-0.05, 0) is 18.2 Å². The SMILES string of the molecule is COc1ccc(C(=O)O)cc1S(=O)(=O)Nc1nncs1. The fraction of sp³-hybridized carbons (Fsp3) is 0.100. The molecule has 1 aromatic heterocycles. The largest absolute Gasteiger partial charge is 0.495 e. The van der Waals surface area contributed by atoms with Gasteiger partial charge in [-0.2, -0.15) is 0 Å². The van der Waals surface area contributed by atoms with Crippen LogP contribution < -0.4 is 9.46 Å². The number of benzene rings is 1. The Hall–Kier alpha value is -2.20. The van der Waals surface area contributed by atoms with Crippen molar-refractivity contribution in [3.63, 3.8) is 0 Å². The van der Waals surface area contributed by atoms with Crippen molar-refractivity contribution in [1.29, 1.82) is 0 Å². The summed E-state index contributed by atoms with van der Waals surface area (Å²) in [6, 6.07) is 3.55. The maximum absolute atomic E-state index is 12.2. The number of aromatic nitrogens is 2. The number of hydrogen-bond donors (Lipinski definition) is 2. The van der Waals surface area contributed by atoms with Crippen molar-refractivity contribution >= 4 is 32.5 Å². The molecule has 0 radical (unpaired) electrons. The number of nitrogens with zero attached hydrogens (tertiary/aromatic N) is 2. The molecule has 0 aliphatic carbocycles. The number of rotatable bonds is 5. The molecule has 2 aromatic rings. The van der Waals surface area contributed by atoms with Crippen LogP contribution in [0, 0.1) is 0 Å². The van der Waals surface area contributed by atoms with Gasteiger partial charge in [0.1, 0.15) is 16.2 Å². The standard InChI is InChI=1S/C10H9N3O5S2/c1-18-7-3-2-6(9(14)15)4-8(7)20(16,17)13-10-12-11-5-19-10/h2-5H,1H3,(H,12,13)(H,14,15). The molecule has 1 heterocycles. The highest BCUT2D eigenvalue weighted by molar-refractivity contribution is 7.93. The number of sulfonamides is 1. The minimum absolute atomic E-state index is 0.0343. The number of aromatic carboxylic acids is 1. The Morgan fingerprint density at radius 2 is 2.20 bits per heavy atom. The lowest BCUT2D eigenvalue weighted by atomic mass is 10.2. The van der Waals surface area contributed by atoms with Crippen molar-refractivity contribution in [1.82, 2.24) is 10.2 Å². The molecule has 10 heteroatoms. The maximum atomic E-state index is 12.2. The third kappa shape index (κ3) is 2.86. The molecule has 0 aliphatic rings. The molecule has 0 saturated heterocycles. The minimum atomic E-state index is -4.01. The monoisotopic (exact) mass is 315 g/mol. The van der Waals surface area contributed by atoms with E-state index >= 15 is 0 Å². The molecule has 0 spiro atoms. The molecule has 0 amide bonds. The summed E-state index contributed by atoms with van der Waals surface area (Å²) in [4.78, 5) is 10.6. The fourth-order valence-corrected chi connectivity index (χ4v) is 3.30. The average Bonchev–Trinajstić information content (AvgIpc) is 2.90. The van der Waals surface area contributed by atoms with Gasteiger partial charge in [-0.1, -0.05) is 11.3 Å². The summed E-state index contributed by atoms with van der Waals surface area (Å²) in [6.07, 6.45) is 0. The van der Waals surface area contributed by atoms with E-state index in [9.17, 15) is 13.2 Å². The molecule has 20 heavy (non-hydrogen) atoms. The van der Waals surface area contributed by atoms with Crippen LogP contribution >= 0.6 is 11.3 Å². The zero-order valence-electron chi connectivity index (χ0n) is 10.1. The molecule has 1 aromatic carbocycles. The zero-order valence-corrected chi connectivity index (χ0v) is 11.7. The number of nitrogens with one attached hydrogen (secondary N) is 1. The summed E-state index contributed by atoms with van der Waals surface area (Å²) < 4.78 is 31.6. The van der Waals surface area contributed by atoms with Crippen LogP contribution in [0.1, 0.15) is 10.4 Å². The van der Waals surface area contributed by atoms with Gasteiger partial charge in [0.15, 0.2) is 0 Å². The van der Waals surface area contributed by atoms with Crippen LogP contribution in [0.25, 0.3) is 0 Å². The molecule has 8 nitrogen and oxygen atoms in total. The first-order valence-electron chi connectivity index (χ1n) is 5.14. The lowest BCUT2D eigenvalue weighted by molar-refractivity contribution is 0.0696. The normalized spacial score (nSPS) is 11.1. The fourth-order valence-electron chi connectivity index (χ4n) is 1.41. The summed E-state index contributed by atoms with van der Waals surface area (Å²) in [5.74, 6) is -1.20. The number of hydrogen-bond acceptors (Lipinski definition) is 7. The smallest absolute Gasteiger partial charge is 0.335 e. The Kier molecular flexibility index (Phi) is 3.86. The van der Waals surface area contributed by atoms with Crippen molar-refractivity contribution in [3.05, 3.63) is 29.3 Å². The Bertz CT molecular complexity index is 727. The summed E-state index contributed by atoms with van der Waals surface area (Å²) in [7, 11) is -2.72. The van der Waals surface area contributed by atoms with Crippen molar-refractivity contribution in [3.8, 4) is 5.75 Å². The topological polar surface area (TPSA) is 118 Å². The van der Waals surface area contributed by atoms with Gasteiger partial charge in [0.2, 0.25) is 5.13 Å². The second-order valence-electron chi connectivity index (χ2n) is 3.52. The molecule has 0 aliphatic heterocycles. The Morgan fingerprint density at radius 3 is 2.75 bits per heavy atom. The number of anilines is 1. The molecule has 0 saturated carbocycles. The van der Waals surface area contributed by atoms with Crippen molar-refractivity contribution < 1.29 is 23.1 Å². The maximum Gasteiger partial charge on any atom is 0.335 e. The van der Waals surface area contributed by atoms with Crippen molar-refractivity contribution in [2.45, 2.75) is 4.90 Å². The van der Waals surface area contributed by atoms with Gasteiger partial charge in [0.05, 0.1) is 12.7 Å². The summed E-state index contributed by atoms with van der Waals surface area (Å²) >= 11 is 0.999. The zero-order chi connectivity index (χ0) is 14.8. The molecule has 0 unspecified atom stereocenters. The van der Waals surface area contributed by atoms with Crippen molar-refractivity contribution in [2.75, 3.05) is 11.8 Å². The molecule has 0 atom stereocenters. The third-order valence-electron chi connectivity index (χ3n) is 2.28. The summed E-state index contributed by atoms with van der Waals surface area (Å²) in [5.41, 5.74) is 1.20.